The molecule has 1 aromatic rings. The van der Waals surface area contributed by atoms with E-state index in [-0.39, 0.29) is 6.10 Å². The molecule has 18 heavy (non-hydrogen) atoms. The van der Waals surface area contributed by atoms with E-state index >= 15 is 0 Å². The zero-order chi connectivity index (χ0) is 13.0. The molecule has 0 spiro atoms. The van der Waals surface area contributed by atoms with E-state index in [0.717, 1.165) is 18.8 Å². The predicted molar refractivity (Wildman–Crippen MR) is 74.4 cm³/mol. The van der Waals surface area contributed by atoms with E-state index in [1.54, 1.807) is 7.11 Å². The molecule has 1 fully saturated rings. The highest BCUT2D eigenvalue weighted by Gasteiger charge is 2.16. The van der Waals surface area contributed by atoms with Gasteiger partial charge in [-0.1, -0.05) is 0 Å². The Balaban J connectivity index is 2.25. The van der Waals surface area contributed by atoms with Crippen molar-refractivity contribution in [3.63, 3.8) is 0 Å². The fourth-order valence-corrected chi connectivity index (χ4v) is 2.61. The van der Waals surface area contributed by atoms with Crippen molar-refractivity contribution in [1.82, 2.24) is 0 Å². The molecule has 0 aromatic heterocycles. The van der Waals surface area contributed by atoms with Gasteiger partial charge >= 0.3 is 0 Å². The molecule has 0 aliphatic carbocycles. The number of methoxy groups -OCH3 is 1. The van der Waals surface area contributed by atoms with E-state index in [1.165, 1.54) is 30.5 Å². The monoisotopic (exact) mass is 249 g/mol. The maximum Gasteiger partial charge on any atom is 0.119 e. The number of anilines is 1. The molecule has 1 aromatic carbocycles. The van der Waals surface area contributed by atoms with Crippen LogP contribution in [0.5, 0.6) is 5.75 Å². The molecule has 1 saturated heterocycles. The van der Waals surface area contributed by atoms with E-state index in [0.29, 0.717) is 6.42 Å². The van der Waals surface area contributed by atoms with Gasteiger partial charge in [-0.2, -0.15) is 0 Å². The van der Waals surface area contributed by atoms with Crippen LogP contribution in [-0.4, -0.2) is 31.4 Å². The third kappa shape index (κ3) is 3.16. The van der Waals surface area contributed by atoms with Crippen LogP contribution in [0.25, 0.3) is 0 Å². The van der Waals surface area contributed by atoms with Crippen molar-refractivity contribution >= 4 is 5.69 Å². The predicted octanol–water partition coefficient (Wildman–Crippen LogP) is 2.61. The largest absolute Gasteiger partial charge is 0.497 e. The first-order chi connectivity index (χ1) is 8.70. The summed E-state index contributed by atoms with van der Waals surface area (Å²) in [7, 11) is 1.68. The zero-order valence-corrected chi connectivity index (χ0v) is 11.4. The van der Waals surface area contributed by atoms with Crippen LogP contribution in [0.3, 0.4) is 0 Å². The van der Waals surface area contributed by atoms with Crippen LogP contribution in [0.1, 0.15) is 31.7 Å². The zero-order valence-electron chi connectivity index (χ0n) is 11.4. The van der Waals surface area contributed by atoms with Crippen LogP contribution >= 0.6 is 0 Å². The fourth-order valence-electron chi connectivity index (χ4n) is 2.61. The van der Waals surface area contributed by atoms with Gasteiger partial charge in [-0.15, -0.1) is 0 Å². The van der Waals surface area contributed by atoms with E-state index in [1.807, 2.05) is 13.0 Å². The third-order valence-electron chi connectivity index (χ3n) is 3.50. The topological polar surface area (TPSA) is 32.7 Å². The maximum absolute atomic E-state index is 9.63. The first kappa shape index (κ1) is 13.2. The first-order valence-corrected chi connectivity index (χ1v) is 6.80. The SMILES string of the molecule is COc1ccc(N2CCCCC2)c(CC(C)O)c1. The Hall–Kier alpha value is -1.22. The second-order valence-corrected chi connectivity index (χ2v) is 5.10. The molecule has 1 heterocycles. The van der Waals surface area contributed by atoms with Gasteiger partial charge in [0.2, 0.25) is 0 Å². The minimum Gasteiger partial charge on any atom is -0.497 e. The average Bonchev–Trinajstić information content (AvgIpc) is 2.39. The Bertz CT molecular complexity index is 384. The molecule has 3 heteroatoms. The van der Waals surface area contributed by atoms with Gasteiger partial charge in [0.05, 0.1) is 13.2 Å². The number of hydrogen-bond donors (Lipinski definition) is 1. The summed E-state index contributed by atoms with van der Waals surface area (Å²) in [6.07, 6.45) is 4.22. The minimum atomic E-state index is -0.319. The lowest BCUT2D eigenvalue weighted by Crippen LogP contribution is -2.30. The van der Waals surface area contributed by atoms with Gasteiger partial charge in [-0.3, -0.25) is 0 Å². The van der Waals surface area contributed by atoms with Crippen LogP contribution in [0.4, 0.5) is 5.69 Å². The lowest BCUT2D eigenvalue weighted by Gasteiger charge is -2.31. The molecular formula is C15H23NO2. The average molecular weight is 249 g/mol. The second-order valence-electron chi connectivity index (χ2n) is 5.10. The van der Waals surface area contributed by atoms with Crippen LogP contribution in [0.15, 0.2) is 18.2 Å². The summed E-state index contributed by atoms with van der Waals surface area (Å²) in [4.78, 5) is 2.43. The minimum absolute atomic E-state index is 0.319. The molecule has 1 aliphatic rings. The van der Waals surface area contributed by atoms with Gasteiger partial charge < -0.3 is 14.7 Å². The molecule has 0 saturated carbocycles. The highest BCUT2D eigenvalue weighted by atomic mass is 16.5. The van der Waals surface area contributed by atoms with Gasteiger partial charge in [0.15, 0.2) is 0 Å². The maximum atomic E-state index is 9.63. The molecule has 0 radical (unpaired) electrons. The number of piperidine rings is 1. The Morgan fingerprint density at radius 3 is 2.61 bits per heavy atom. The van der Waals surface area contributed by atoms with Crippen molar-refractivity contribution in [2.75, 3.05) is 25.1 Å². The Labute approximate surface area is 109 Å². The highest BCUT2D eigenvalue weighted by molar-refractivity contribution is 5.57. The third-order valence-corrected chi connectivity index (χ3v) is 3.50. The standard InChI is InChI=1S/C15H23NO2/c1-12(17)10-13-11-14(18-2)6-7-15(13)16-8-4-3-5-9-16/h6-7,11-12,17H,3-5,8-10H2,1-2H3. The summed E-state index contributed by atoms with van der Waals surface area (Å²) in [6, 6.07) is 6.19. The van der Waals surface area contributed by atoms with Gasteiger partial charge in [-0.05, 0) is 49.9 Å². The van der Waals surface area contributed by atoms with Crippen LogP contribution in [0, 0.1) is 0 Å². The van der Waals surface area contributed by atoms with Crippen molar-refractivity contribution in [3.8, 4) is 5.75 Å². The number of aliphatic hydroxyl groups is 1. The van der Waals surface area contributed by atoms with E-state index in [9.17, 15) is 5.11 Å². The normalized spacial score (nSPS) is 17.6. The van der Waals surface area contributed by atoms with Crippen LogP contribution < -0.4 is 9.64 Å². The molecule has 100 valence electrons. The molecule has 2 rings (SSSR count). The van der Waals surface area contributed by atoms with Crippen molar-refractivity contribution in [1.29, 1.82) is 0 Å². The number of benzene rings is 1. The summed E-state index contributed by atoms with van der Waals surface area (Å²) >= 11 is 0. The van der Waals surface area contributed by atoms with Crippen LogP contribution in [-0.2, 0) is 6.42 Å². The number of nitrogens with zero attached hydrogens (tertiary/aromatic N) is 1. The number of rotatable bonds is 4. The Morgan fingerprint density at radius 1 is 1.28 bits per heavy atom. The van der Waals surface area contributed by atoms with Gasteiger partial charge in [-0.25, -0.2) is 0 Å². The molecule has 1 atom stereocenters. The summed E-state index contributed by atoms with van der Waals surface area (Å²) in [5.41, 5.74) is 2.45. The number of aliphatic hydroxyl groups excluding tert-OH is 1. The molecule has 0 bridgehead atoms. The Morgan fingerprint density at radius 2 is 2.00 bits per heavy atom. The van der Waals surface area contributed by atoms with Gasteiger partial charge in [0, 0.05) is 25.2 Å². The molecule has 3 nitrogen and oxygen atoms in total. The number of hydrogen-bond acceptors (Lipinski definition) is 3. The van der Waals surface area contributed by atoms with Gasteiger partial charge in [0.1, 0.15) is 5.75 Å². The van der Waals surface area contributed by atoms with Crippen molar-refractivity contribution in [2.24, 2.45) is 0 Å². The molecule has 1 N–H and O–H groups in total. The second kappa shape index (κ2) is 6.10. The van der Waals surface area contributed by atoms with Gasteiger partial charge in [0.25, 0.3) is 0 Å². The lowest BCUT2D eigenvalue weighted by atomic mass is 10.0. The van der Waals surface area contributed by atoms with Crippen molar-refractivity contribution in [3.05, 3.63) is 23.8 Å². The fraction of sp³-hybridized carbons (Fsp3) is 0.600. The molecule has 1 unspecified atom stereocenters. The number of ether oxygens (including phenoxy) is 1. The first-order valence-electron chi connectivity index (χ1n) is 6.80. The van der Waals surface area contributed by atoms with E-state index in [4.69, 9.17) is 4.74 Å². The summed E-state index contributed by atoms with van der Waals surface area (Å²) in [6.45, 7) is 4.08. The van der Waals surface area contributed by atoms with E-state index in [2.05, 4.69) is 17.0 Å². The highest BCUT2D eigenvalue weighted by Crippen LogP contribution is 2.28. The summed E-state index contributed by atoms with van der Waals surface area (Å²) in [5.74, 6) is 0.867. The smallest absolute Gasteiger partial charge is 0.119 e. The molecular weight excluding hydrogens is 226 g/mol. The van der Waals surface area contributed by atoms with E-state index < -0.39 is 0 Å². The van der Waals surface area contributed by atoms with Crippen molar-refractivity contribution in [2.45, 2.75) is 38.7 Å². The quantitative estimate of drug-likeness (QED) is 0.890. The van der Waals surface area contributed by atoms with Crippen molar-refractivity contribution < 1.29 is 9.84 Å². The lowest BCUT2D eigenvalue weighted by molar-refractivity contribution is 0.195. The summed E-state index contributed by atoms with van der Waals surface area (Å²) < 4.78 is 5.28. The molecule has 0 amide bonds. The van der Waals surface area contributed by atoms with Crippen LogP contribution in [0.2, 0.25) is 0 Å². The molecule has 1 aliphatic heterocycles. The Kier molecular flexibility index (Phi) is 4.48. The summed E-state index contributed by atoms with van der Waals surface area (Å²) in [5, 5.41) is 9.63.